The Morgan fingerprint density at radius 1 is 0.963 bits per heavy atom. The van der Waals surface area contributed by atoms with Gasteiger partial charge in [-0.2, -0.15) is 0 Å². The van der Waals surface area contributed by atoms with Crippen LogP contribution in [0.1, 0.15) is 64.2 Å². The van der Waals surface area contributed by atoms with Gasteiger partial charge in [0.2, 0.25) is 5.91 Å². The molecule has 3 rings (SSSR count). The summed E-state index contributed by atoms with van der Waals surface area (Å²) >= 11 is 0. The number of urea groups is 1. The van der Waals surface area contributed by atoms with Crippen molar-refractivity contribution in [2.45, 2.75) is 70.3 Å². The molecule has 1 heterocycles. The van der Waals surface area contributed by atoms with Crippen LogP contribution in [0.2, 0.25) is 0 Å². The van der Waals surface area contributed by atoms with E-state index in [4.69, 9.17) is 0 Å². The van der Waals surface area contributed by atoms with Crippen LogP contribution >= 0.6 is 0 Å². The molecule has 1 aromatic carbocycles. The van der Waals surface area contributed by atoms with Crippen molar-refractivity contribution in [2.24, 2.45) is 5.92 Å². The van der Waals surface area contributed by atoms with Crippen LogP contribution in [-0.2, 0) is 4.79 Å². The number of para-hydroxylation sites is 1. The van der Waals surface area contributed by atoms with Crippen molar-refractivity contribution in [1.82, 2.24) is 10.2 Å². The van der Waals surface area contributed by atoms with Crippen molar-refractivity contribution in [3.63, 3.8) is 0 Å². The Labute approximate surface area is 162 Å². The Morgan fingerprint density at radius 2 is 1.67 bits per heavy atom. The number of amides is 3. The Bertz CT molecular complexity index is 591. The van der Waals surface area contributed by atoms with Gasteiger partial charge in [-0.15, -0.1) is 0 Å². The fraction of sp³-hybridized carbons (Fsp3) is 0.636. The molecule has 2 N–H and O–H groups in total. The summed E-state index contributed by atoms with van der Waals surface area (Å²) in [4.78, 5) is 26.4. The van der Waals surface area contributed by atoms with Gasteiger partial charge in [0.15, 0.2) is 0 Å². The van der Waals surface area contributed by atoms with E-state index in [9.17, 15) is 9.59 Å². The Balaban J connectivity index is 1.30. The molecule has 2 fully saturated rings. The van der Waals surface area contributed by atoms with Crippen LogP contribution in [0.3, 0.4) is 0 Å². The summed E-state index contributed by atoms with van der Waals surface area (Å²) in [6.07, 6.45) is 11.3. The van der Waals surface area contributed by atoms with Gasteiger partial charge in [-0.3, -0.25) is 4.79 Å². The fourth-order valence-corrected chi connectivity index (χ4v) is 4.28. The summed E-state index contributed by atoms with van der Waals surface area (Å²) < 4.78 is 0. The molecule has 0 spiro atoms. The van der Waals surface area contributed by atoms with E-state index in [1.807, 2.05) is 35.2 Å². The maximum Gasteiger partial charge on any atom is 0.321 e. The first-order valence-corrected chi connectivity index (χ1v) is 10.6. The Morgan fingerprint density at radius 3 is 2.37 bits per heavy atom. The number of nitrogens with one attached hydrogen (secondary N) is 2. The second kappa shape index (κ2) is 10.3. The normalized spacial score (nSPS) is 18.9. The van der Waals surface area contributed by atoms with Crippen LogP contribution in [-0.4, -0.2) is 36.0 Å². The maximum absolute atomic E-state index is 12.3. The number of nitrogens with zero attached hydrogens (tertiary/aromatic N) is 1. The van der Waals surface area contributed by atoms with Crippen molar-refractivity contribution in [3.8, 4) is 0 Å². The van der Waals surface area contributed by atoms with E-state index in [0.29, 0.717) is 19.5 Å². The molecule has 1 aliphatic heterocycles. The Kier molecular flexibility index (Phi) is 7.55. The summed E-state index contributed by atoms with van der Waals surface area (Å²) in [5, 5.41) is 6.09. The topological polar surface area (TPSA) is 61.4 Å². The highest BCUT2D eigenvalue weighted by Gasteiger charge is 2.24. The number of hydrogen-bond acceptors (Lipinski definition) is 2. The molecule has 0 aromatic heterocycles. The predicted octanol–water partition coefficient (Wildman–Crippen LogP) is 4.55. The monoisotopic (exact) mass is 371 g/mol. The van der Waals surface area contributed by atoms with Gasteiger partial charge in [-0.1, -0.05) is 50.3 Å². The number of likely N-dealkylation sites (tertiary alicyclic amines) is 1. The highest BCUT2D eigenvalue weighted by Crippen LogP contribution is 2.27. The molecule has 1 saturated carbocycles. The molecule has 27 heavy (non-hydrogen) atoms. The van der Waals surface area contributed by atoms with Gasteiger partial charge in [0, 0.05) is 31.2 Å². The smallest absolute Gasteiger partial charge is 0.321 e. The van der Waals surface area contributed by atoms with E-state index in [1.54, 1.807) is 0 Å². The minimum absolute atomic E-state index is 0.0570. The molecule has 0 unspecified atom stereocenters. The zero-order valence-electron chi connectivity index (χ0n) is 16.3. The lowest BCUT2D eigenvalue weighted by atomic mass is 9.86. The molecule has 5 nitrogen and oxygen atoms in total. The number of carbonyl (C=O) groups excluding carboxylic acids is 2. The van der Waals surface area contributed by atoms with Gasteiger partial charge in [-0.05, 0) is 43.7 Å². The summed E-state index contributed by atoms with van der Waals surface area (Å²) in [7, 11) is 0. The molecule has 5 heteroatoms. The third-order valence-corrected chi connectivity index (χ3v) is 5.91. The molecule has 0 atom stereocenters. The molecule has 0 bridgehead atoms. The number of hydrogen-bond donors (Lipinski definition) is 2. The SMILES string of the molecule is O=C(CCCC1CCCCC1)NC1CCN(C(=O)Nc2ccccc2)CC1. The highest BCUT2D eigenvalue weighted by molar-refractivity contribution is 5.89. The van der Waals surface area contributed by atoms with Crippen LogP contribution in [0.15, 0.2) is 30.3 Å². The van der Waals surface area contributed by atoms with Crippen molar-refractivity contribution in [1.29, 1.82) is 0 Å². The second-order valence-electron chi connectivity index (χ2n) is 8.02. The van der Waals surface area contributed by atoms with Crippen LogP contribution in [0.5, 0.6) is 0 Å². The molecule has 3 amide bonds. The highest BCUT2D eigenvalue weighted by atomic mass is 16.2. The van der Waals surface area contributed by atoms with Crippen LogP contribution in [0.25, 0.3) is 0 Å². The van der Waals surface area contributed by atoms with E-state index in [1.165, 1.54) is 38.5 Å². The van der Waals surface area contributed by atoms with Crippen LogP contribution in [0.4, 0.5) is 10.5 Å². The predicted molar refractivity (Wildman–Crippen MR) is 109 cm³/mol. The molecule has 1 aromatic rings. The number of anilines is 1. The third-order valence-electron chi connectivity index (χ3n) is 5.91. The van der Waals surface area contributed by atoms with Crippen LogP contribution in [0, 0.1) is 5.92 Å². The number of benzene rings is 1. The van der Waals surface area contributed by atoms with Crippen molar-refractivity contribution < 1.29 is 9.59 Å². The quantitative estimate of drug-likeness (QED) is 0.770. The molecule has 2 aliphatic rings. The first kappa shape index (κ1) is 19.7. The lowest BCUT2D eigenvalue weighted by Gasteiger charge is -2.32. The summed E-state index contributed by atoms with van der Waals surface area (Å²) in [6.45, 7) is 1.37. The minimum Gasteiger partial charge on any atom is -0.353 e. The van der Waals surface area contributed by atoms with Gasteiger partial charge in [-0.25, -0.2) is 4.79 Å². The lowest BCUT2D eigenvalue weighted by Crippen LogP contribution is -2.47. The average Bonchev–Trinajstić information content (AvgIpc) is 2.70. The molecule has 1 aliphatic carbocycles. The van der Waals surface area contributed by atoms with Gasteiger partial charge >= 0.3 is 6.03 Å². The zero-order valence-corrected chi connectivity index (χ0v) is 16.3. The van der Waals surface area contributed by atoms with E-state index in [-0.39, 0.29) is 18.0 Å². The third kappa shape index (κ3) is 6.56. The van der Waals surface area contributed by atoms with E-state index >= 15 is 0 Å². The Hall–Kier alpha value is -2.04. The standard InChI is InChI=1S/C22H33N3O2/c26-21(13-7-10-18-8-3-1-4-9-18)23-20-14-16-25(17-15-20)22(27)24-19-11-5-2-6-12-19/h2,5-6,11-12,18,20H,1,3-4,7-10,13-17H2,(H,23,26)(H,24,27). The number of carbonyl (C=O) groups is 2. The molecular weight excluding hydrogens is 338 g/mol. The van der Waals surface area contributed by atoms with Crippen molar-refractivity contribution in [2.75, 3.05) is 18.4 Å². The molecule has 148 valence electrons. The summed E-state index contributed by atoms with van der Waals surface area (Å²) in [6, 6.07) is 9.67. The first-order valence-electron chi connectivity index (χ1n) is 10.6. The van der Waals surface area contributed by atoms with Gasteiger partial charge in [0.25, 0.3) is 0 Å². The lowest BCUT2D eigenvalue weighted by molar-refractivity contribution is -0.122. The minimum atomic E-state index is -0.0570. The van der Waals surface area contributed by atoms with Gasteiger partial charge < -0.3 is 15.5 Å². The second-order valence-corrected chi connectivity index (χ2v) is 8.02. The fourth-order valence-electron chi connectivity index (χ4n) is 4.28. The largest absolute Gasteiger partial charge is 0.353 e. The van der Waals surface area contributed by atoms with E-state index in [0.717, 1.165) is 30.9 Å². The number of rotatable bonds is 6. The van der Waals surface area contributed by atoms with Crippen molar-refractivity contribution >= 4 is 17.6 Å². The van der Waals surface area contributed by atoms with E-state index < -0.39 is 0 Å². The zero-order chi connectivity index (χ0) is 18.9. The summed E-state index contributed by atoms with van der Waals surface area (Å²) in [5.41, 5.74) is 0.816. The number of piperidine rings is 1. The average molecular weight is 372 g/mol. The molecular formula is C22H33N3O2. The van der Waals surface area contributed by atoms with Crippen molar-refractivity contribution in [3.05, 3.63) is 30.3 Å². The summed E-state index contributed by atoms with van der Waals surface area (Å²) in [5.74, 6) is 1.02. The molecule has 1 saturated heterocycles. The first-order chi connectivity index (χ1) is 13.2. The van der Waals surface area contributed by atoms with Gasteiger partial charge in [0.1, 0.15) is 0 Å². The van der Waals surface area contributed by atoms with Gasteiger partial charge in [0.05, 0.1) is 0 Å². The van der Waals surface area contributed by atoms with Crippen LogP contribution < -0.4 is 10.6 Å². The maximum atomic E-state index is 12.3. The van der Waals surface area contributed by atoms with E-state index in [2.05, 4.69) is 10.6 Å². The molecule has 0 radical (unpaired) electrons.